The van der Waals surface area contributed by atoms with Gasteiger partial charge in [-0.05, 0) is 12.8 Å². The summed E-state index contributed by atoms with van der Waals surface area (Å²) in [4.78, 5) is 11.8. The van der Waals surface area contributed by atoms with E-state index < -0.39 is 16.4 Å². The molecule has 216 valence electrons. The molecule has 0 aromatic carbocycles. The Bertz CT molecular complexity index is 562. The molecule has 0 amide bonds. The molecule has 0 heterocycles. The highest BCUT2D eigenvalue weighted by atomic mass is 32.3. The molecule has 0 aromatic heterocycles. The van der Waals surface area contributed by atoms with Crippen LogP contribution in [0, 0.1) is 0 Å². The predicted octanol–water partition coefficient (Wildman–Crippen LogP) is 9.97. The largest absolute Gasteiger partial charge is 0.451 e. The van der Waals surface area contributed by atoms with Crippen molar-refractivity contribution in [3.63, 3.8) is 0 Å². The van der Waals surface area contributed by atoms with E-state index in [-0.39, 0.29) is 13.0 Å². The molecule has 0 N–H and O–H groups in total. The Labute approximate surface area is 225 Å². The summed E-state index contributed by atoms with van der Waals surface area (Å²) >= 11 is 0. The third kappa shape index (κ3) is 28.0. The van der Waals surface area contributed by atoms with Gasteiger partial charge >= 0.3 is 16.4 Å². The normalized spacial score (nSPS) is 11.7. The maximum atomic E-state index is 11.8. The Kier molecular flexibility index (Phi) is 26.9. The van der Waals surface area contributed by atoms with Crippen molar-refractivity contribution >= 4 is 16.4 Å². The zero-order valence-corrected chi connectivity index (χ0v) is 24.9. The Hall–Kier alpha value is -0.620. The van der Waals surface area contributed by atoms with Crippen LogP contribution in [0.15, 0.2) is 0 Å². The van der Waals surface area contributed by atoms with Gasteiger partial charge in [-0.2, -0.15) is 8.42 Å². The lowest BCUT2D eigenvalue weighted by Gasteiger charge is -2.06. The Morgan fingerprint density at radius 3 is 1.14 bits per heavy atom. The van der Waals surface area contributed by atoms with Crippen molar-refractivity contribution in [2.45, 2.75) is 181 Å². The Morgan fingerprint density at radius 1 is 0.472 bits per heavy atom. The summed E-state index contributed by atoms with van der Waals surface area (Å²) in [7, 11) is -4.21. The second-order valence-corrected chi connectivity index (χ2v) is 11.8. The topological polar surface area (TPSA) is 69.7 Å². The summed E-state index contributed by atoms with van der Waals surface area (Å²) < 4.78 is 33.0. The SMILES string of the molecule is CCCCCCCCCCCCCCCCCC(=O)OS(=O)(=O)OCCCCCCCCCCCC. The van der Waals surface area contributed by atoms with Gasteiger partial charge in [-0.3, -0.25) is 4.79 Å². The highest BCUT2D eigenvalue weighted by Gasteiger charge is 2.17. The zero-order chi connectivity index (χ0) is 26.6. The summed E-state index contributed by atoms with van der Waals surface area (Å²) in [5.74, 6) is -0.701. The molecule has 0 aliphatic rings. The monoisotopic (exact) mass is 532 g/mol. The van der Waals surface area contributed by atoms with Crippen molar-refractivity contribution in [1.82, 2.24) is 0 Å². The molecule has 0 atom stereocenters. The van der Waals surface area contributed by atoms with E-state index in [1.807, 2.05) is 0 Å². The van der Waals surface area contributed by atoms with Crippen molar-refractivity contribution in [3.8, 4) is 0 Å². The fraction of sp³-hybridized carbons (Fsp3) is 0.967. The minimum absolute atomic E-state index is 0.0884. The molecular weight excluding hydrogens is 472 g/mol. The summed E-state index contributed by atoms with van der Waals surface area (Å²) in [5, 5.41) is 0. The molecule has 36 heavy (non-hydrogen) atoms. The molecule has 0 radical (unpaired) electrons. The Morgan fingerprint density at radius 2 is 0.778 bits per heavy atom. The van der Waals surface area contributed by atoms with E-state index in [0.717, 1.165) is 25.7 Å². The van der Waals surface area contributed by atoms with Gasteiger partial charge in [0, 0.05) is 6.42 Å². The van der Waals surface area contributed by atoms with Crippen LogP contribution in [-0.2, 0) is 23.6 Å². The zero-order valence-electron chi connectivity index (χ0n) is 24.0. The van der Waals surface area contributed by atoms with Crippen molar-refractivity contribution < 1.29 is 21.6 Å². The minimum atomic E-state index is -4.21. The van der Waals surface area contributed by atoms with Crippen LogP contribution in [0.5, 0.6) is 0 Å². The molecule has 0 aliphatic carbocycles. The summed E-state index contributed by atoms with van der Waals surface area (Å²) in [6.07, 6.45) is 30.6. The lowest BCUT2D eigenvalue weighted by molar-refractivity contribution is -0.134. The van der Waals surface area contributed by atoms with Gasteiger partial charge in [0.2, 0.25) is 0 Å². The summed E-state index contributed by atoms with van der Waals surface area (Å²) in [6, 6.07) is 0. The van der Waals surface area contributed by atoms with E-state index in [1.54, 1.807) is 0 Å². The summed E-state index contributed by atoms with van der Waals surface area (Å²) in [5.41, 5.74) is 0. The van der Waals surface area contributed by atoms with Gasteiger partial charge in [-0.1, -0.05) is 162 Å². The average molecular weight is 533 g/mol. The quantitative estimate of drug-likeness (QED) is 0.0896. The van der Waals surface area contributed by atoms with Gasteiger partial charge in [-0.15, -0.1) is 0 Å². The molecule has 0 unspecified atom stereocenters. The maximum Gasteiger partial charge on any atom is 0.451 e. The van der Waals surface area contributed by atoms with Crippen molar-refractivity contribution in [2.75, 3.05) is 6.61 Å². The molecule has 0 spiro atoms. The van der Waals surface area contributed by atoms with Crippen molar-refractivity contribution in [3.05, 3.63) is 0 Å². The van der Waals surface area contributed by atoms with Crippen LogP contribution in [-0.4, -0.2) is 21.0 Å². The first-order chi connectivity index (χ1) is 17.5. The first-order valence-corrected chi connectivity index (χ1v) is 17.0. The van der Waals surface area contributed by atoms with Crippen LogP contribution in [0.4, 0.5) is 0 Å². The number of rotatable bonds is 29. The van der Waals surface area contributed by atoms with E-state index >= 15 is 0 Å². The molecule has 0 saturated heterocycles. The molecule has 0 bridgehead atoms. The smallest absolute Gasteiger partial charge is 0.325 e. The van der Waals surface area contributed by atoms with E-state index in [2.05, 4.69) is 18.0 Å². The van der Waals surface area contributed by atoms with Gasteiger partial charge in [0.15, 0.2) is 0 Å². The number of hydrogen-bond acceptors (Lipinski definition) is 5. The van der Waals surface area contributed by atoms with Crippen LogP contribution in [0.3, 0.4) is 0 Å². The number of carbonyl (C=O) groups excluding carboxylic acids is 1. The predicted molar refractivity (Wildman–Crippen MR) is 152 cm³/mol. The van der Waals surface area contributed by atoms with Crippen molar-refractivity contribution in [1.29, 1.82) is 0 Å². The fourth-order valence-corrected chi connectivity index (χ4v) is 5.25. The van der Waals surface area contributed by atoms with E-state index in [4.69, 9.17) is 4.18 Å². The number of hydrogen-bond donors (Lipinski definition) is 0. The van der Waals surface area contributed by atoms with E-state index in [0.29, 0.717) is 12.8 Å². The second kappa shape index (κ2) is 27.4. The van der Waals surface area contributed by atoms with Crippen LogP contribution in [0.2, 0.25) is 0 Å². The molecule has 6 heteroatoms. The minimum Gasteiger partial charge on any atom is -0.325 e. The maximum absolute atomic E-state index is 11.8. The van der Waals surface area contributed by atoms with Crippen LogP contribution < -0.4 is 0 Å². The average Bonchev–Trinajstić information content (AvgIpc) is 2.84. The summed E-state index contributed by atoms with van der Waals surface area (Å²) in [6.45, 7) is 4.58. The van der Waals surface area contributed by atoms with Gasteiger partial charge in [-0.25, -0.2) is 4.18 Å². The number of carbonyl (C=O) groups is 1. The molecular formula is C30H60O5S. The molecule has 0 aliphatic heterocycles. The van der Waals surface area contributed by atoms with Crippen LogP contribution in [0.25, 0.3) is 0 Å². The van der Waals surface area contributed by atoms with E-state index in [1.165, 1.54) is 122 Å². The van der Waals surface area contributed by atoms with Gasteiger partial charge < -0.3 is 4.18 Å². The highest BCUT2D eigenvalue weighted by Crippen LogP contribution is 2.15. The molecule has 0 aromatic rings. The van der Waals surface area contributed by atoms with Crippen molar-refractivity contribution in [2.24, 2.45) is 0 Å². The molecule has 0 fully saturated rings. The third-order valence-corrected chi connectivity index (χ3v) is 7.75. The first-order valence-electron chi connectivity index (χ1n) is 15.6. The standard InChI is InChI=1S/C30H60O5S/c1-3-5-7-9-11-13-15-16-17-18-19-20-22-24-26-28-30(31)35-36(32,33)34-29-27-25-23-21-14-12-10-8-6-4-2/h3-29H2,1-2H3. The van der Waals surface area contributed by atoms with E-state index in [9.17, 15) is 13.2 Å². The highest BCUT2D eigenvalue weighted by molar-refractivity contribution is 7.82. The first kappa shape index (κ1) is 35.4. The molecule has 0 rings (SSSR count). The third-order valence-electron chi connectivity index (χ3n) is 6.91. The lowest BCUT2D eigenvalue weighted by atomic mass is 10.0. The lowest BCUT2D eigenvalue weighted by Crippen LogP contribution is -2.16. The van der Waals surface area contributed by atoms with Crippen LogP contribution >= 0.6 is 0 Å². The van der Waals surface area contributed by atoms with Gasteiger partial charge in [0.25, 0.3) is 0 Å². The second-order valence-electron chi connectivity index (χ2n) is 10.6. The van der Waals surface area contributed by atoms with Gasteiger partial charge in [0.1, 0.15) is 0 Å². The Balaban J connectivity index is 3.43. The van der Waals surface area contributed by atoms with Crippen LogP contribution in [0.1, 0.15) is 181 Å². The molecule has 0 saturated carbocycles. The van der Waals surface area contributed by atoms with Gasteiger partial charge in [0.05, 0.1) is 6.61 Å². The molecule has 5 nitrogen and oxygen atoms in total. The number of unbranched alkanes of at least 4 members (excludes halogenated alkanes) is 23. The fourth-order valence-electron chi connectivity index (χ4n) is 4.57.